The van der Waals surface area contributed by atoms with Gasteiger partial charge in [-0.3, -0.25) is 9.48 Å². The Morgan fingerprint density at radius 2 is 2.00 bits per heavy atom. The average Bonchev–Trinajstić information content (AvgIpc) is 3.31. The molecule has 2 aromatic heterocycles. The Balaban J connectivity index is 1.40. The Bertz CT molecular complexity index is 1110. The van der Waals surface area contributed by atoms with E-state index in [9.17, 15) is 4.79 Å². The van der Waals surface area contributed by atoms with Crippen molar-refractivity contribution < 1.29 is 4.79 Å². The van der Waals surface area contributed by atoms with E-state index < -0.39 is 0 Å². The highest BCUT2D eigenvalue weighted by molar-refractivity contribution is 9.10. The lowest BCUT2D eigenvalue weighted by atomic mass is 10.2. The van der Waals surface area contributed by atoms with Crippen LogP contribution < -0.4 is 5.43 Å². The molecule has 2 heterocycles. The van der Waals surface area contributed by atoms with E-state index in [0.717, 1.165) is 26.5 Å². The third-order valence-electron chi connectivity index (χ3n) is 4.12. The fourth-order valence-electron chi connectivity index (χ4n) is 2.77. The fraction of sp³-hybridized carbons (Fsp3) is 0.0500. The molecule has 1 amide bonds. The van der Waals surface area contributed by atoms with Crippen LogP contribution in [0.3, 0.4) is 0 Å². The second-order valence-electron chi connectivity index (χ2n) is 6.01. The maximum Gasteiger partial charge on any atom is 0.291 e. The lowest BCUT2D eigenvalue weighted by Gasteiger charge is -2.02. The molecule has 0 radical (unpaired) electrons. The minimum Gasteiger partial charge on any atom is -0.361 e. The van der Waals surface area contributed by atoms with Crippen LogP contribution >= 0.6 is 15.9 Å². The number of amides is 1. The van der Waals surface area contributed by atoms with Crippen molar-refractivity contribution in [2.45, 2.75) is 6.54 Å². The summed E-state index contributed by atoms with van der Waals surface area (Å²) in [6.45, 7) is 0.596. The molecule has 6 nitrogen and oxygen atoms in total. The lowest BCUT2D eigenvalue weighted by Crippen LogP contribution is -2.18. The smallest absolute Gasteiger partial charge is 0.291 e. The number of rotatable bonds is 5. The van der Waals surface area contributed by atoms with Gasteiger partial charge in [-0.05, 0) is 29.8 Å². The Labute approximate surface area is 164 Å². The largest absolute Gasteiger partial charge is 0.361 e. The molecule has 134 valence electrons. The molecule has 0 fully saturated rings. The molecule has 0 aliphatic carbocycles. The normalized spacial score (nSPS) is 11.3. The Kier molecular flexibility index (Phi) is 4.84. The Morgan fingerprint density at radius 3 is 2.85 bits per heavy atom. The van der Waals surface area contributed by atoms with E-state index in [1.807, 2.05) is 54.7 Å². The summed E-state index contributed by atoms with van der Waals surface area (Å²) in [7, 11) is 0. The van der Waals surface area contributed by atoms with Gasteiger partial charge >= 0.3 is 0 Å². The van der Waals surface area contributed by atoms with Crippen molar-refractivity contribution in [2.75, 3.05) is 0 Å². The van der Waals surface area contributed by atoms with E-state index in [-0.39, 0.29) is 5.91 Å². The van der Waals surface area contributed by atoms with Gasteiger partial charge in [0.25, 0.3) is 5.91 Å². The number of carbonyl (C=O) groups excluding carboxylic acids is 1. The van der Waals surface area contributed by atoms with Crippen molar-refractivity contribution in [3.8, 4) is 0 Å². The summed E-state index contributed by atoms with van der Waals surface area (Å²) in [6.07, 6.45) is 5.25. The maximum atomic E-state index is 12.2. The third kappa shape index (κ3) is 3.98. The highest BCUT2D eigenvalue weighted by atomic mass is 79.9. The zero-order chi connectivity index (χ0) is 18.6. The molecular formula is C20H16BrN5O. The molecule has 2 aromatic carbocycles. The summed E-state index contributed by atoms with van der Waals surface area (Å²) < 4.78 is 2.75. The number of halogens is 1. The van der Waals surface area contributed by atoms with Crippen molar-refractivity contribution in [3.63, 3.8) is 0 Å². The molecule has 0 aliphatic heterocycles. The molecule has 0 bridgehead atoms. The van der Waals surface area contributed by atoms with E-state index >= 15 is 0 Å². The molecule has 2 N–H and O–H groups in total. The summed E-state index contributed by atoms with van der Waals surface area (Å²) in [5.74, 6) is -0.347. The summed E-state index contributed by atoms with van der Waals surface area (Å²) in [4.78, 5) is 15.4. The van der Waals surface area contributed by atoms with Crippen molar-refractivity contribution in [2.24, 2.45) is 5.10 Å². The van der Waals surface area contributed by atoms with Gasteiger partial charge in [0.15, 0.2) is 5.69 Å². The number of nitrogens with zero attached hydrogens (tertiary/aromatic N) is 3. The first kappa shape index (κ1) is 17.2. The quantitative estimate of drug-likeness (QED) is 0.378. The number of benzene rings is 2. The number of aromatic amines is 1. The SMILES string of the molecule is O=C(N/N=C/c1c[nH]c2ccccc12)c1ccn(Cc2ccc(Br)cc2)n1. The molecule has 0 unspecified atom stereocenters. The van der Waals surface area contributed by atoms with Crippen LogP contribution in [0.1, 0.15) is 21.6 Å². The van der Waals surface area contributed by atoms with Crippen LogP contribution in [0.15, 0.2) is 76.6 Å². The summed E-state index contributed by atoms with van der Waals surface area (Å²) in [6, 6.07) is 17.6. The number of hydrogen-bond donors (Lipinski definition) is 2. The number of carbonyl (C=O) groups is 1. The molecule has 0 spiro atoms. The maximum absolute atomic E-state index is 12.2. The Morgan fingerprint density at radius 1 is 1.19 bits per heavy atom. The van der Waals surface area contributed by atoms with Crippen molar-refractivity contribution in [1.82, 2.24) is 20.2 Å². The molecule has 0 atom stereocenters. The van der Waals surface area contributed by atoms with Gasteiger partial charge in [0, 0.05) is 33.3 Å². The number of para-hydroxylation sites is 1. The molecule has 0 saturated carbocycles. The molecule has 0 saturated heterocycles. The average molecular weight is 422 g/mol. The van der Waals surface area contributed by atoms with Crippen LogP contribution in [0, 0.1) is 0 Å². The van der Waals surface area contributed by atoms with E-state index in [4.69, 9.17) is 0 Å². The van der Waals surface area contributed by atoms with Gasteiger partial charge in [0.2, 0.25) is 0 Å². The van der Waals surface area contributed by atoms with Crippen LogP contribution in [0.25, 0.3) is 10.9 Å². The zero-order valence-corrected chi connectivity index (χ0v) is 15.8. The van der Waals surface area contributed by atoms with Crippen LogP contribution in [0.2, 0.25) is 0 Å². The van der Waals surface area contributed by atoms with Gasteiger partial charge in [-0.15, -0.1) is 0 Å². The van der Waals surface area contributed by atoms with E-state index in [0.29, 0.717) is 12.2 Å². The van der Waals surface area contributed by atoms with Gasteiger partial charge in [-0.2, -0.15) is 10.2 Å². The lowest BCUT2D eigenvalue weighted by molar-refractivity contribution is 0.0949. The second-order valence-corrected chi connectivity index (χ2v) is 6.93. The first-order valence-electron chi connectivity index (χ1n) is 8.36. The van der Waals surface area contributed by atoms with Gasteiger partial charge in [0.05, 0.1) is 12.8 Å². The van der Waals surface area contributed by atoms with E-state index in [1.54, 1.807) is 23.2 Å². The number of hydrazone groups is 1. The summed E-state index contributed by atoms with van der Waals surface area (Å²) in [5, 5.41) is 9.40. The van der Waals surface area contributed by atoms with Crippen LogP contribution in [-0.4, -0.2) is 26.9 Å². The third-order valence-corrected chi connectivity index (χ3v) is 4.65. The first-order valence-corrected chi connectivity index (χ1v) is 9.16. The molecule has 4 aromatic rings. The van der Waals surface area contributed by atoms with Gasteiger partial charge in [-0.1, -0.05) is 46.3 Å². The van der Waals surface area contributed by atoms with Gasteiger partial charge in [-0.25, -0.2) is 5.43 Å². The molecule has 27 heavy (non-hydrogen) atoms. The summed E-state index contributed by atoms with van der Waals surface area (Å²) in [5.41, 5.74) is 5.88. The second kappa shape index (κ2) is 7.59. The molecule has 0 aliphatic rings. The van der Waals surface area contributed by atoms with Gasteiger partial charge < -0.3 is 4.98 Å². The minimum absolute atomic E-state index is 0.322. The highest BCUT2D eigenvalue weighted by Crippen LogP contribution is 2.15. The van der Waals surface area contributed by atoms with Crippen LogP contribution in [0.4, 0.5) is 0 Å². The predicted molar refractivity (Wildman–Crippen MR) is 109 cm³/mol. The van der Waals surface area contributed by atoms with E-state index in [2.05, 4.69) is 36.5 Å². The summed E-state index contributed by atoms with van der Waals surface area (Å²) >= 11 is 3.41. The minimum atomic E-state index is -0.347. The molecule has 7 heteroatoms. The first-order chi connectivity index (χ1) is 13.2. The number of hydrogen-bond acceptors (Lipinski definition) is 3. The molecular weight excluding hydrogens is 406 g/mol. The van der Waals surface area contributed by atoms with E-state index in [1.165, 1.54) is 0 Å². The van der Waals surface area contributed by atoms with Crippen LogP contribution in [-0.2, 0) is 6.54 Å². The topological polar surface area (TPSA) is 75.1 Å². The zero-order valence-electron chi connectivity index (χ0n) is 14.3. The van der Waals surface area contributed by atoms with Crippen molar-refractivity contribution in [3.05, 3.63) is 88.3 Å². The standard InChI is InChI=1S/C20H16BrN5O/c21-16-7-5-14(6-8-16)13-26-10-9-19(25-26)20(27)24-23-12-15-11-22-18-4-2-1-3-17(15)18/h1-12,22H,13H2,(H,24,27)/b23-12+. The number of fused-ring (bicyclic) bond motifs is 1. The van der Waals surface area contributed by atoms with Crippen LogP contribution in [0.5, 0.6) is 0 Å². The number of nitrogens with one attached hydrogen (secondary N) is 2. The predicted octanol–water partition coefficient (Wildman–Crippen LogP) is 3.94. The van der Waals surface area contributed by atoms with Crippen molar-refractivity contribution >= 4 is 39.0 Å². The van der Waals surface area contributed by atoms with Gasteiger partial charge in [0.1, 0.15) is 0 Å². The highest BCUT2D eigenvalue weighted by Gasteiger charge is 2.09. The number of aromatic nitrogens is 3. The molecule has 4 rings (SSSR count). The number of H-pyrrole nitrogens is 1. The Hall–Kier alpha value is -3.19. The monoisotopic (exact) mass is 421 g/mol. The fourth-order valence-corrected chi connectivity index (χ4v) is 3.03. The van der Waals surface area contributed by atoms with Crippen molar-refractivity contribution in [1.29, 1.82) is 0 Å².